The van der Waals surface area contributed by atoms with Gasteiger partial charge < -0.3 is 20.3 Å². The van der Waals surface area contributed by atoms with E-state index in [1.54, 1.807) is 0 Å². The average molecular weight is 915 g/mol. The van der Waals surface area contributed by atoms with Crippen molar-refractivity contribution in [3.05, 3.63) is 36.5 Å². The van der Waals surface area contributed by atoms with Gasteiger partial charge in [-0.2, -0.15) is 0 Å². The fraction of sp³-hybridized carbons (Fsp3) is 0.864. The number of carbonyl (C=O) groups is 2. The predicted octanol–water partition coefficient (Wildman–Crippen LogP) is 17.6. The number of hydrogen-bond acceptors (Lipinski definition) is 5. The van der Waals surface area contributed by atoms with E-state index in [-0.39, 0.29) is 24.9 Å². The second-order valence-electron chi connectivity index (χ2n) is 19.7. The minimum absolute atomic E-state index is 0.0774. The number of hydrogen-bond donors (Lipinski definition) is 3. The molecule has 0 spiro atoms. The first-order chi connectivity index (χ1) is 32.0. The molecule has 0 aliphatic heterocycles. The first-order valence-corrected chi connectivity index (χ1v) is 28.7. The molecule has 3 N–H and O–H groups in total. The van der Waals surface area contributed by atoms with Gasteiger partial charge in [0.15, 0.2) is 0 Å². The molecule has 382 valence electrons. The number of nitrogens with one attached hydrogen (secondary N) is 1. The SMILES string of the molecule is CC/C=C/C=C/C=C/CCCCCCCCCC(=O)OC(CCCCCCCCCCCCCCCCCC)CC(=O)NC(CO)C(O)CCCCCCCCCCCCCCCCC. The molecule has 0 aromatic rings. The number of amides is 1. The molecule has 0 aromatic carbocycles. The van der Waals surface area contributed by atoms with Gasteiger partial charge >= 0.3 is 5.97 Å². The summed E-state index contributed by atoms with van der Waals surface area (Å²) in [5, 5.41) is 23.9. The number of allylic oxidation sites excluding steroid dienone is 6. The molecule has 65 heavy (non-hydrogen) atoms. The Hall–Kier alpha value is -1.92. The number of unbranched alkanes of at least 4 members (excludes halogenated alkanes) is 36. The lowest BCUT2D eigenvalue weighted by Gasteiger charge is -2.24. The number of carbonyl (C=O) groups excluding carboxylic acids is 2. The second-order valence-corrected chi connectivity index (χ2v) is 19.7. The van der Waals surface area contributed by atoms with Gasteiger partial charge in [0, 0.05) is 6.42 Å². The van der Waals surface area contributed by atoms with Crippen LogP contribution in [0.25, 0.3) is 0 Å². The third-order valence-corrected chi connectivity index (χ3v) is 13.3. The van der Waals surface area contributed by atoms with E-state index in [0.717, 1.165) is 57.8 Å². The molecule has 0 saturated carbocycles. The summed E-state index contributed by atoms with van der Waals surface area (Å²) in [6, 6.07) is -0.701. The highest BCUT2D eigenvalue weighted by Gasteiger charge is 2.24. The third-order valence-electron chi connectivity index (χ3n) is 13.3. The maximum Gasteiger partial charge on any atom is 0.306 e. The Labute approximate surface area is 404 Å². The third kappa shape index (κ3) is 48.3. The summed E-state index contributed by atoms with van der Waals surface area (Å²) < 4.78 is 5.96. The van der Waals surface area contributed by atoms with E-state index in [4.69, 9.17) is 4.74 Å². The number of ether oxygens (including phenoxy) is 1. The Morgan fingerprint density at radius 3 is 1.25 bits per heavy atom. The zero-order valence-electron chi connectivity index (χ0n) is 43.6. The van der Waals surface area contributed by atoms with Gasteiger partial charge in [0.1, 0.15) is 6.10 Å². The van der Waals surface area contributed by atoms with Crippen molar-refractivity contribution < 1.29 is 24.5 Å². The maximum atomic E-state index is 13.3. The fourth-order valence-electron chi connectivity index (χ4n) is 8.96. The number of aliphatic hydroxyl groups excluding tert-OH is 2. The number of esters is 1. The molecule has 3 atom stereocenters. The van der Waals surface area contributed by atoms with Crippen molar-refractivity contribution in [2.45, 2.75) is 322 Å². The summed E-state index contributed by atoms with van der Waals surface area (Å²) in [6.07, 6.45) is 63.5. The van der Waals surface area contributed by atoms with Crippen LogP contribution in [0.5, 0.6) is 0 Å². The zero-order valence-corrected chi connectivity index (χ0v) is 43.6. The molecule has 0 bridgehead atoms. The van der Waals surface area contributed by atoms with Crippen molar-refractivity contribution in [1.29, 1.82) is 0 Å². The summed E-state index contributed by atoms with van der Waals surface area (Å²) in [5.41, 5.74) is 0. The summed E-state index contributed by atoms with van der Waals surface area (Å²) >= 11 is 0. The van der Waals surface area contributed by atoms with Crippen molar-refractivity contribution in [1.82, 2.24) is 5.32 Å². The minimum atomic E-state index is -0.788. The highest BCUT2D eigenvalue weighted by atomic mass is 16.5. The largest absolute Gasteiger partial charge is 0.462 e. The van der Waals surface area contributed by atoms with E-state index < -0.39 is 18.2 Å². The standard InChI is InChI=1S/C59H111NO5/c1-4-7-10-13-16-19-22-25-28-31-32-35-38-41-44-47-50-55(65-59(64)52-49-46-43-40-37-34-30-27-24-21-18-15-12-9-6-3)53-58(63)60-56(54-61)57(62)51-48-45-42-39-36-33-29-26-23-20-17-14-11-8-5-2/h9,12,15,18,21,24,55-57,61-62H,4-8,10-11,13-14,16-17,19-20,22-23,25-54H2,1-3H3,(H,60,63)/b12-9+,18-15+,24-21+. The lowest BCUT2D eigenvalue weighted by Crippen LogP contribution is -2.46. The van der Waals surface area contributed by atoms with Crippen LogP contribution in [0.2, 0.25) is 0 Å². The van der Waals surface area contributed by atoms with Crippen LogP contribution in [0.4, 0.5) is 0 Å². The molecule has 3 unspecified atom stereocenters. The molecular weight excluding hydrogens is 803 g/mol. The minimum Gasteiger partial charge on any atom is -0.462 e. The average Bonchev–Trinajstić information content (AvgIpc) is 3.30. The van der Waals surface area contributed by atoms with Gasteiger partial charge in [0.2, 0.25) is 5.91 Å². The molecule has 0 saturated heterocycles. The van der Waals surface area contributed by atoms with Crippen molar-refractivity contribution in [3.8, 4) is 0 Å². The lowest BCUT2D eigenvalue weighted by molar-refractivity contribution is -0.151. The summed E-state index contributed by atoms with van der Waals surface area (Å²) in [7, 11) is 0. The van der Waals surface area contributed by atoms with E-state index in [0.29, 0.717) is 19.3 Å². The van der Waals surface area contributed by atoms with Crippen molar-refractivity contribution in [3.63, 3.8) is 0 Å². The summed E-state index contributed by atoms with van der Waals surface area (Å²) in [5.74, 6) is -0.470. The van der Waals surface area contributed by atoms with Crippen molar-refractivity contribution in [2.75, 3.05) is 6.61 Å². The molecule has 6 heteroatoms. The topological polar surface area (TPSA) is 95.9 Å². The van der Waals surface area contributed by atoms with Gasteiger partial charge in [-0.05, 0) is 44.9 Å². The predicted molar refractivity (Wildman–Crippen MR) is 282 cm³/mol. The molecule has 0 fully saturated rings. The molecule has 1 amide bonds. The van der Waals surface area contributed by atoms with Crippen LogP contribution in [0, 0.1) is 0 Å². The highest BCUT2D eigenvalue weighted by molar-refractivity contribution is 5.77. The quantitative estimate of drug-likeness (QED) is 0.0321. The highest BCUT2D eigenvalue weighted by Crippen LogP contribution is 2.19. The van der Waals surface area contributed by atoms with Crippen LogP contribution in [0.1, 0.15) is 303 Å². The Morgan fingerprint density at radius 1 is 0.462 bits per heavy atom. The molecular formula is C59H111NO5. The number of rotatable bonds is 52. The van der Waals surface area contributed by atoms with Gasteiger partial charge in [0.05, 0.1) is 25.2 Å². The molecule has 0 aliphatic carbocycles. The molecule has 0 radical (unpaired) electrons. The Morgan fingerprint density at radius 2 is 0.831 bits per heavy atom. The van der Waals surface area contributed by atoms with Crippen LogP contribution >= 0.6 is 0 Å². The second kappa shape index (κ2) is 53.0. The van der Waals surface area contributed by atoms with Gasteiger partial charge in [-0.3, -0.25) is 9.59 Å². The van der Waals surface area contributed by atoms with Gasteiger partial charge in [-0.25, -0.2) is 0 Å². The van der Waals surface area contributed by atoms with Crippen LogP contribution in [-0.4, -0.2) is 46.9 Å². The number of aliphatic hydroxyl groups is 2. The first kappa shape index (κ1) is 63.1. The molecule has 0 rings (SSSR count). The Bertz CT molecular complexity index is 1070. The van der Waals surface area contributed by atoms with E-state index in [9.17, 15) is 19.8 Å². The summed E-state index contributed by atoms with van der Waals surface area (Å²) in [4.78, 5) is 26.3. The van der Waals surface area contributed by atoms with Gasteiger partial charge in [0.25, 0.3) is 0 Å². The molecule has 6 nitrogen and oxygen atoms in total. The Balaban J connectivity index is 4.54. The molecule has 0 aliphatic rings. The normalized spacial score (nSPS) is 13.4. The fourth-order valence-corrected chi connectivity index (χ4v) is 8.96. The van der Waals surface area contributed by atoms with E-state index >= 15 is 0 Å². The summed E-state index contributed by atoms with van der Waals surface area (Å²) in [6.45, 7) is 6.39. The Kier molecular flexibility index (Phi) is 51.5. The van der Waals surface area contributed by atoms with Gasteiger partial charge in [-0.1, -0.05) is 282 Å². The van der Waals surface area contributed by atoms with E-state index in [1.165, 1.54) is 199 Å². The zero-order chi connectivity index (χ0) is 47.4. The van der Waals surface area contributed by atoms with E-state index in [1.807, 2.05) is 0 Å². The van der Waals surface area contributed by atoms with Crippen molar-refractivity contribution in [2.24, 2.45) is 0 Å². The van der Waals surface area contributed by atoms with Crippen LogP contribution in [-0.2, 0) is 14.3 Å². The first-order valence-electron chi connectivity index (χ1n) is 28.7. The smallest absolute Gasteiger partial charge is 0.306 e. The van der Waals surface area contributed by atoms with Crippen LogP contribution in [0.15, 0.2) is 36.5 Å². The van der Waals surface area contributed by atoms with Crippen molar-refractivity contribution >= 4 is 11.9 Å². The monoisotopic (exact) mass is 914 g/mol. The van der Waals surface area contributed by atoms with Gasteiger partial charge in [-0.15, -0.1) is 0 Å². The maximum absolute atomic E-state index is 13.3. The molecule has 0 heterocycles. The van der Waals surface area contributed by atoms with E-state index in [2.05, 4.69) is 62.5 Å². The van der Waals surface area contributed by atoms with Crippen LogP contribution < -0.4 is 5.32 Å². The molecule has 0 aromatic heterocycles. The van der Waals surface area contributed by atoms with Crippen LogP contribution in [0.3, 0.4) is 0 Å². The lowest BCUT2D eigenvalue weighted by atomic mass is 10.0.